The third-order valence-electron chi connectivity index (χ3n) is 1.84. The molecular weight excluding hydrogens is 220 g/mol. The predicted octanol–water partition coefficient (Wildman–Crippen LogP) is 1.82. The van der Waals surface area contributed by atoms with Gasteiger partial charge < -0.3 is 9.57 Å². The van der Waals surface area contributed by atoms with Crippen LogP contribution in [0.25, 0.3) is 0 Å². The highest BCUT2D eigenvalue weighted by Crippen LogP contribution is 2.11. The van der Waals surface area contributed by atoms with E-state index in [0.29, 0.717) is 5.75 Å². The van der Waals surface area contributed by atoms with Crippen LogP contribution in [0.4, 0.5) is 0 Å². The molecule has 0 saturated carbocycles. The van der Waals surface area contributed by atoms with E-state index in [1.165, 1.54) is 0 Å². The van der Waals surface area contributed by atoms with Crippen molar-refractivity contribution < 1.29 is 14.4 Å². The van der Waals surface area contributed by atoms with Gasteiger partial charge >= 0.3 is 5.97 Å². The van der Waals surface area contributed by atoms with Crippen molar-refractivity contribution in [1.29, 1.82) is 5.26 Å². The standard InChI is InChI=1S/C12H12N2O3/c1-3-16-12(15)11(8-13)14-17-10-6-4-9(2)5-7-10/h4-7H,3H2,1-2H3/b14-11+. The van der Waals surface area contributed by atoms with Crippen LogP contribution < -0.4 is 4.84 Å². The number of benzene rings is 1. The van der Waals surface area contributed by atoms with Crippen LogP contribution in [0.15, 0.2) is 29.4 Å². The maximum atomic E-state index is 11.2. The summed E-state index contributed by atoms with van der Waals surface area (Å²) in [5.74, 6) is -0.338. The molecule has 0 aliphatic rings. The highest BCUT2D eigenvalue weighted by atomic mass is 16.6. The summed E-state index contributed by atoms with van der Waals surface area (Å²) in [7, 11) is 0. The first kappa shape index (κ1) is 12.7. The largest absolute Gasteiger partial charge is 0.461 e. The van der Waals surface area contributed by atoms with E-state index < -0.39 is 11.7 Å². The summed E-state index contributed by atoms with van der Waals surface area (Å²) in [5, 5.41) is 12.1. The Hall–Kier alpha value is -2.35. The monoisotopic (exact) mass is 232 g/mol. The van der Waals surface area contributed by atoms with Crippen molar-refractivity contribution in [3.8, 4) is 11.8 Å². The fourth-order valence-electron chi connectivity index (χ4n) is 1.00. The van der Waals surface area contributed by atoms with Gasteiger partial charge in [0.1, 0.15) is 6.07 Å². The number of hydrogen-bond donors (Lipinski definition) is 0. The van der Waals surface area contributed by atoms with Crippen LogP contribution in [-0.2, 0) is 9.53 Å². The van der Waals surface area contributed by atoms with Crippen LogP contribution >= 0.6 is 0 Å². The number of ether oxygens (including phenoxy) is 1. The lowest BCUT2D eigenvalue weighted by Crippen LogP contribution is -2.16. The van der Waals surface area contributed by atoms with Crippen LogP contribution in [0.2, 0.25) is 0 Å². The van der Waals surface area contributed by atoms with Crippen molar-refractivity contribution in [3.63, 3.8) is 0 Å². The minimum atomic E-state index is -0.790. The fraction of sp³-hybridized carbons (Fsp3) is 0.250. The van der Waals surface area contributed by atoms with Gasteiger partial charge in [-0.25, -0.2) is 4.79 Å². The molecule has 0 N–H and O–H groups in total. The van der Waals surface area contributed by atoms with Crippen molar-refractivity contribution in [1.82, 2.24) is 0 Å². The van der Waals surface area contributed by atoms with Gasteiger partial charge in [0.25, 0.3) is 5.71 Å². The number of nitrogens with zero attached hydrogens (tertiary/aromatic N) is 2. The molecule has 0 fully saturated rings. The molecule has 0 aromatic heterocycles. The van der Waals surface area contributed by atoms with Crippen molar-refractivity contribution in [2.45, 2.75) is 13.8 Å². The zero-order chi connectivity index (χ0) is 12.7. The molecule has 0 aliphatic carbocycles. The van der Waals surface area contributed by atoms with Gasteiger partial charge in [-0.05, 0) is 26.0 Å². The van der Waals surface area contributed by atoms with Crippen LogP contribution in [0, 0.1) is 18.3 Å². The maximum Gasteiger partial charge on any atom is 0.371 e. The first-order chi connectivity index (χ1) is 8.17. The second kappa shape index (κ2) is 6.28. The summed E-state index contributed by atoms with van der Waals surface area (Å²) in [5.41, 5.74) is 0.666. The molecule has 0 unspecified atom stereocenters. The summed E-state index contributed by atoms with van der Waals surface area (Å²) in [6, 6.07) is 8.67. The lowest BCUT2D eigenvalue weighted by Gasteiger charge is -2.00. The zero-order valence-corrected chi connectivity index (χ0v) is 9.64. The van der Waals surface area contributed by atoms with Gasteiger partial charge in [0.2, 0.25) is 0 Å². The number of hydrogen-bond acceptors (Lipinski definition) is 5. The van der Waals surface area contributed by atoms with Gasteiger partial charge in [0, 0.05) is 0 Å². The molecule has 5 heteroatoms. The van der Waals surface area contributed by atoms with Crippen molar-refractivity contribution >= 4 is 11.7 Å². The van der Waals surface area contributed by atoms with Gasteiger partial charge in [0.05, 0.1) is 6.61 Å². The van der Waals surface area contributed by atoms with Gasteiger partial charge in [-0.2, -0.15) is 5.26 Å². The molecule has 0 heterocycles. The van der Waals surface area contributed by atoms with Gasteiger partial charge in [-0.15, -0.1) is 0 Å². The van der Waals surface area contributed by atoms with Crippen LogP contribution in [0.5, 0.6) is 5.75 Å². The smallest absolute Gasteiger partial charge is 0.371 e. The number of carbonyl (C=O) groups excluding carboxylic acids is 1. The van der Waals surface area contributed by atoms with E-state index >= 15 is 0 Å². The first-order valence-corrected chi connectivity index (χ1v) is 5.06. The molecule has 17 heavy (non-hydrogen) atoms. The highest BCUT2D eigenvalue weighted by molar-refractivity contribution is 6.42. The van der Waals surface area contributed by atoms with E-state index in [2.05, 4.69) is 9.89 Å². The van der Waals surface area contributed by atoms with E-state index in [1.807, 2.05) is 19.1 Å². The molecule has 1 rings (SSSR count). The topological polar surface area (TPSA) is 71.7 Å². The number of esters is 1. The van der Waals surface area contributed by atoms with Gasteiger partial charge in [-0.3, -0.25) is 0 Å². The van der Waals surface area contributed by atoms with Crippen LogP contribution in [0.3, 0.4) is 0 Å². The fourth-order valence-corrected chi connectivity index (χ4v) is 1.00. The minimum Gasteiger partial charge on any atom is -0.461 e. The average Bonchev–Trinajstić information content (AvgIpc) is 2.32. The number of rotatable bonds is 4. The molecule has 0 amide bonds. The summed E-state index contributed by atoms with van der Waals surface area (Å²) >= 11 is 0. The normalized spacial score (nSPS) is 10.5. The van der Waals surface area contributed by atoms with E-state index in [-0.39, 0.29) is 6.61 Å². The van der Waals surface area contributed by atoms with E-state index in [4.69, 9.17) is 10.1 Å². The molecule has 0 radical (unpaired) electrons. The second-order valence-corrected chi connectivity index (χ2v) is 3.18. The van der Waals surface area contributed by atoms with E-state index in [0.717, 1.165) is 5.56 Å². The van der Waals surface area contributed by atoms with E-state index in [1.54, 1.807) is 25.1 Å². The summed E-state index contributed by atoms with van der Waals surface area (Å²) in [6.07, 6.45) is 0. The van der Waals surface area contributed by atoms with Gasteiger partial charge in [-0.1, -0.05) is 22.9 Å². The Morgan fingerprint density at radius 1 is 1.41 bits per heavy atom. The van der Waals surface area contributed by atoms with Crippen molar-refractivity contribution in [2.24, 2.45) is 5.16 Å². The molecule has 0 spiro atoms. The van der Waals surface area contributed by atoms with E-state index in [9.17, 15) is 4.79 Å². The second-order valence-electron chi connectivity index (χ2n) is 3.18. The summed E-state index contributed by atoms with van der Waals surface area (Å²) in [6.45, 7) is 3.77. The van der Waals surface area contributed by atoms with Crippen LogP contribution in [0.1, 0.15) is 12.5 Å². The molecule has 1 aromatic rings. The van der Waals surface area contributed by atoms with Gasteiger partial charge in [0.15, 0.2) is 5.75 Å². The molecular formula is C12H12N2O3. The zero-order valence-electron chi connectivity index (χ0n) is 9.64. The lowest BCUT2D eigenvalue weighted by atomic mass is 10.2. The Bertz CT molecular complexity index is 458. The number of oxime groups is 1. The number of nitriles is 1. The highest BCUT2D eigenvalue weighted by Gasteiger charge is 2.12. The quantitative estimate of drug-likeness (QED) is 0.451. The summed E-state index contributed by atoms with van der Waals surface area (Å²) in [4.78, 5) is 16.1. The number of aryl methyl sites for hydroxylation is 1. The molecule has 5 nitrogen and oxygen atoms in total. The molecule has 0 saturated heterocycles. The third kappa shape index (κ3) is 3.95. The Labute approximate surface area is 99.3 Å². The molecule has 0 atom stereocenters. The number of carbonyl (C=O) groups is 1. The average molecular weight is 232 g/mol. The summed E-state index contributed by atoms with van der Waals surface area (Å²) < 4.78 is 4.63. The van der Waals surface area contributed by atoms with Crippen molar-refractivity contribution in [3.05, 3.63) is 29.8 Å². The molecule has 0 bridgehead atoms. The Morgan fingerprint density at radius 2 is 2.06 bits per heavy atom. The van der Waals surface area contributed by atoms with Crippen LogP contribution in [-0.4, -0.2) is 18.3 Å². The molecule has 0 aliphatic heterocycles. The van der Waals surface area contributed by atoms with Crippen molar-refractivity contribution in [2.75, 3.05) is 6.61 Å². The Kier molecular flexibility index (Phi) is 4.70. The first-order valence-electron chi connectivity index (χ1n) is 5.06. The SMILES string of the molecule is CCOC(=O)/C(C#N)=N/Oc1ccc(C)cc1. The predicted molar refractivity (Wildman–Crippen MR) is 61.5 cm³/mol. The molecule has 1 aromatic carbocycles. The maximum absolute atomic E-state index is 11.2. The minimum absolute atomic E-state index is 0.185. The lowest BCUT2D eigenvalue weighted by molar-refractivity contribution is -0.135. The molecule has 88 valence electrons. The Balaban J connectivity index is 2.71. The Morgan fingerprint density at radius 3 is 2.59 bits per heavy atom. The third-order valence-corrected chi connectivity index (χ3v) is 1.84.